The maximum absolute atomic E-state index is 4.39. The largest absolute Gasteiger partial charge is 0.355 e. The van der Waals surface area contributed by atoms with Crippen LogP contribution in [-0.2, 0) is 0 Å². The predicted octanol–water partition coefficient (Wildman–Crippen LogP) is 2.95. The van der Waals surface area contributed by atoms with Crippen molar-refractivity contribution in [1.82, 2.24) is 20.4 Å². The van der Waals surface area contributed by atoms with Crippen LogP contribution in [0.1, 0.15) is 38.3 Å². The molecule has 2 rings (SSSR count). The fraction of sp³-hybridized carbons (Fsp3) is 0.650. The predicted molar refractivity (Wildman–Crippen MR) is 123 cm³/mol. The van der Waals surface area contributed by atoms with E-state index in [0.717, 1.165) is 38.7 Å². The standard InChI is InChI=1S/C20H35N5.HI/c1-4-24(5-2)16-13-22-20(21-3)23-17-19(25-14-9-10-15-25)18-11-7-6-8-12-18;/h6-8,11-12,19H,4-5,9-10,13-17H2,1-3H3,(H2,21,22,23);1H. The van der Waals surface area contributed by atoms with E-state index >= 15 is 0 Å². The zero-order valence-corrected chi connectivity index (χ0v) is 18.9. The third-order valence-electron chi connectivity index (χ3n) is 5.07. The molecule has 5 nitrogen and oxygen atoms in total. The minimum absolute atomic E-state index is 0. The van der Waals surface area contributed by atoms with Crippen molar-refractivity contribution in [2.75, 3.05) is 52.9 Å². The van der Waals surface area contributed by atoms with Gasteiger partial charge in [-0.05, 0) is 44.6 Å². The fourth-order valence-electron chi connectivity index (χ4n) is 3.47. The van der Waals surface area contributed by atoms with Crippen molar-refractivity contribution in [2.24, 2.45) is 4.99 Å². The van der Waals surface area contributed by atoms with E-state index in [-0.39, 0.29) is 24.0 Å². The number of likely N-dealkylation sites (tertiary alicyclic amines) is 1. The molecule has 1 aromatic rings. The van der Waals surface area contributed by atoms with Gasteiger partial charge in [-0.25, -0.2) is 0 Å². The molecule has 0 aliphatic carbocycles. The van der Waals surface area contributed by atoms with Gasteiger partial charge in [0.05, 0.1) is 6.04 Å². The molecule has 0 saturated carbocycles. The molecule has 1 saturated heterocycles. The summed E-state index contributed by atoms with van der Waals surface area (Å²) in [7, 11) is 1.85. The van der Waals surface area contributed by atoms with Gasteiger partial charge in [-0.15, -0.1) is 24.0 Å². The Kier molecular flexibility index (Phi) is 11.9. The molecule has 6 heteroatoms. The Balaban J connectivity index is 0.00000338. The van der Waals surface area contributed by atoms with E-state index in [4.69, 9.17) is 0 Å². The van der Waals surface area contributed by atoms with Gasteiger partial charge in [0, 0.05) is 26.7 Å². The summed E-state index contributed by atoms with van der Waals surface area (Å²) in [4.78, 5) is 9.39. The number of nitrogens with one attached hydrogen (secondary N) is 2. The van der Waals surface area contributed by atoms with Crippen LogP contribution in [0.2, 0.25) is 0 Å². The van der Waals surface area contributed by atoms with E-state index in [0.29, 0.717) is 6.04 Å². The van der Waals surface area contributed by atoms with Gasteiger partial charge in [-0.3, -0.25) is 9.89 Å². The van der Waals surface area contributed by atoms with E-state index in [1.807, 2.05) is 7.05 Å². The van der Waals surface area contributed by atoms with Crippen LogP contribution in [0.4, 0.5) is 0 Å². The van der Waals surface area contributed by atoms with Crippen LogP contribution in [0.25, 0.3) is 0 Å². The molecule has 1 aliphatic rings. The van der Waals surface area contributed by atoms with Crippen LogP contribution in [0, 0.1) is 0 Å². The summed E-state index contributed by atoms with van der Waals surface area (Å²) in [5.41, 5.74) is 1.38. The Bertz CT molecular complexity index is 498. The lowest BCUT2D eigenvalue weighted by Gasteiger charge is -2.29. The molecular formula is C20H36IN5. The molecule has 0 aromatic heterocycles. The van der Waals surface area contributed by atoms with Crippen molar-refractivity contribution in [1.29, 1.82) is 0 Å². The number of hydrogen-bond acceptors (Lipinski definition) is 3. The highest BCUT2D eigenvalue weighted by molar-refractivity contribution is 14.0. The molecule has 26 heavy (non-hydrogen) atoms. The van der Waals surface area contributed by atoms with Gasteiger partial charge < -0.3 is 15.5 Å². The van der Waals surface area contributed by atoms with E-state index < -0.39 is 0 Å². The average Bonchev–Trinajstić information content (AvgIpc) is 3.19. The molecule has 0 spiro atoms. The first kappa shape index (κ1) is 23.2. The van der Waals surface area contributed by atoms with Gasteiger partial charge in [0.25, 0.3) is 0 Å². The summed E-state index contributed by atoms with van der Waals surface area (Å²) < 4.78 is 0. The van der Waals surface area contributed by atoms with Crippen molar-refractivity contribution < 1.29 is 0 Å². The zero-order valence-electron chi connectivity index (χ0n) is 16.6. The molecule has 0 radical (unpaired) electrons. The van der Waals surface area contributed by atoms with E-state index in [9.17, 15) is 0 Å². The lowest BCUT2D eigenvalue weighted by molar-refractivity contribution is 0.245. The van der Waals surface area contributed by atoms with Crippen LogP contribution >= 0.6 is 24.0 Å². The van der Waals surface area contributed by atoms with E-state index in [1.165, 1.54) is 31.5 Å². The Morgan fingerprint density at radius 3 is 2.35 bits per heavy atom. The third kappa shape index (κ3) is 7.40. The molecule has 1 heterocycles. The van der Waals surface area contributed by atoms with Crippen molar-refractivity contribution in [3.8, 4) is 0 Å². The van der Waals surface area contributed by atoms with Crippen LogP contribution in [-0.4, -0.2) is 68.6 Å². The summed E-state index contributed by atoms with van der Waals surface area (Å²) in [5, 5.41) is 6.98. The first-order valence-electron chi connectivity index (χ1n) is 9.74. The van der Waals surface area contributed by atoms with Gasteiger partial charge >= 0.3 is 0 Å². The topological polar surface area (TPSA) is 42.9 Å². The number of benzene rings is 1. The zero-order chi connectivity index (χ0) is 17.9. The first-order valence-corrected chi connectivity index (χ1v) is 9.74. The second kappa shape index (κ2) is 13.3. The molecular weight excluding hydrogens is 437 g/mol. The lowest BCUT2D eigenvalue weighted by atomic mass is 10.1. The monoisotopic (exact) mass is 473 g/mol. The second-order valence-electron chi connectivity index (χ2n) is 6.58. The van der Waals surface area contributed by atoms with Crippen molar-refractivity contribution in [3.63, 3.8) is 0 Å². The summed E-state index contributed by atoms with van der Waals surface area (Å²) in [6.45, 7) is 11.8. The number of guanidine groups is 1. The number of likely N-dealkylation sites (N-methyl/N-ethyl adjacent to an activating group) is 1. The quantitative estimate of drug-likeness (QED) is 0.329. The highest BCUT2D eigenvalue weighted by atomic mass is 127. The van der Waals surface area contributed by atoms with Gasteiger partial charge in [0.1, 0.15) is 0 Å². The van der Waals surface area contributed by atoms with Crippen molar-refractivity contribution >= 4 is 29.9 Å². The number of aliphatic imine (C=N–C) groups is 1. The Hall–Kier alpha value is -0.860. The second-order valence-corrected chi connectivity index (χ2v) is 6.58. The Labute approximate surface area is 176 Å². The normalized spacial score (nSPS) is 16.4. The molecule has 2 N–H and O–H groups in total. The molecule has 1 unspecified atom stereocenters. The van der Waals surface area contributed by atoms with Gasteiger partial charge in [0.15, 0.2) is 5.96 Å². The highest BCUT2D eigenvalue weighted by Crippen LogP contribution is 2.24. The van der Waals surface area contributed by atoms with Gasteiger partial charge in [0.2, 0.25) is 0 Å². The molecule has 1 fully saturated rings. The van der Waals surface area contributed by atoms with Gasteiger partial charge in [-0.1, -0.05) is 44.2 Å². The van der Waals surface area contributed by atoms with Crippen molar-refractivity contribution in [2.45, 2.75) is 32.7 Å². The smallest absolute Gasteiger partial charge is 0.191 e. The van der Waals surface area contributed by atoms with Crippen LogP contribution in [0.5, 0.6) is 0 Å². The summed E-state index contributed by atoms with van der Waals surface area (Å²) in [5.74, 6) is 0.896. The molecule has 1 aliphatic heterocycles. The molecule has 0 bridgehead atoms. The Morgan fingerprint density at radius 1 is 1.12 bits per heavy atom. The minimum Gasteiger partial charge on any atom is -0.355 e. The summed E-state index contributed by atoms with van der Waals surface area (Å²) >= 11 is 0. The van der Waals surface area contributed by atoms with Crippen molar-refractivity contribution in [3.05, 3.63) is 35.9 Å². The number of halogens is 1. The average molecular weight is 473 g/mol. The van der Waals surface area contributed by atoms with Gasteiger partial charge in [-0.2, -0.15) is 0 Å². The molecule has 1 aromatic carbocycles. The SMILES string of the molecule is CCN(CC)CCNC(=NC)NCC(c1ccccc1)N1CCCC1.I. The molecule has 1 atom stereocenters. The minimum atomic E-state index is 0. The number of hydrogen-bond donors (Lipinski definition) is 2. The summed E-state index contributed by atoms with van der Waals surface area (Å²) in [6.07, 6.45) is 2.61. The highest BCUT2D eigenvalue weighted by Gasteiger charge is 2.23. The first-order chi connectivity index (χ1) is 12.3. The van der Waals surface area contributed by atoms with E-state index in [2.05, 4.69) is 69.6 Å². The van der Waals surface area contributed by atoms with E-state index in [1.54, 1.807) is 0 Å². The lowest BCUT2D eigenvalue weighted by Crippen LogP contribution is -2.44. The number of rotatable bonds is 9. The summed E-state index contributed by atoms with van der Waals surface area (Å²) in [6, 6.07) is 11.2. The van der Waals surface area contributed by atoms with Crippen LogP contribution in [0.15, 0.2) is 35.3 Å². The third-order valence-corrected chi connectivity index (χ3v) is 5.07. The van der Waals surface area contributed by atoms with Crippen LogP contribution < -0.4 is 10.6 Å². The maximum atomic E-state index is 4.39. The molecule has 148 valence electrons. The fourth-order valence-corrected chi connectivity index (χ4v) is 3.47. The van der Waals surface area contributed by atoms with Crippen LogP contribution in [0.3, 0.4) is 0 Å². The molecule has 0 amide bonds. The number of nitrogens with zero attached hydrogens (tertiary/aromatic N) is 3. The Morgan fingerprint density at radius 2 is 1.77 bits per heavy atom. The maximum Gasteiger partial charge on any atom is 0.191 e.